The predicted octanol–water partition coefficient (Wildman–Crippen LogP) is 4.96. The highest BCUT2D eigenvalue weighted by Crippen LogP contribution is 2.37. The number of nitriles is 1. The minimum Gasteiger partial charge on any atom is -0.315 e. The molecule has 3 aromatic rings. The zero-order valence-electron chi connectivity index (χ0n) is 16.7. The van der Waals surface area contributed by atoms with Gasteiger partial charge in [-0.1, -0.05) is 18.6 Å². The van der Waals surface area contributed by atoms with Crippen molar-refractivity contribution in [2.24, 2.45) is 0 Å². The molecule has 7 heteroatoms. The zero-order chi connectivity index (χ0) is 20.4. The van der Waals surface area contributed by atoms with E-state index in [0.29, 0.717) is 17.1 Å². The molecule has 150 valence electrons. The highest BCUT2D eigenvalue weighted by atomic mass is 32.1. The van der Waals surface area contributed by atoms with E-state index < -0.39 is 0 Å². The summed E-state index contributed by atoms with van der Waals surface area (Å²) in [6.07, 6.45) is 5.44. The summed E-state index contributed by atoms with van der Waals surface area (Å²) in [5.41, 5.74) is 2.82. The summed E-state index contributed by atoms with van der Waals surface area (Å²) in [5.74, 6) is -0.0819. The number of likely N-dealkylation sites (N-methyl/N-ethyl adjacent to an activating group) is 1. The molecule has 0 radical (unpaired) electrons. The van der Waals surface area contributed by atoms with Crippen molar-refractivity contribution in [1.82, 2.24) is 9.88 Å². The number of thiazole rings is 1. The number of nitrogens with zero attached hydrogens (tertiary/aromatic N) is 3. The number of benzene rings is 1. The molecule has 5 nitrogen and oxygen atoms in total. The maximum Gasteiger partial charge on any atom is 0.242 e. The third-order valence-electron chi connectivity index (χ3n) is 5.53. The molecule has 2 heterocycles. The Balaban J connectivity index is 1.46. The number of thiophene rings is 1. The molecule has 1 amide bonds. The number of aromatic nitrogens is 1. The van der Waals surface area contributed by atoms with E-state index in [-0.39, 0.29) is 11.9 Å². The smallest absolute Gasteiger partial charge is 0.242 e. The summed E-state index contributed by atoms with van der Waals surface area (Å²) in [4.78, 5) is 20.8. The maximum atomic E-state index is 12.9. The van der Waals surface area contributed by atoms with Gasteiger partial charge < -0.3 is 5.32 Å². The maximum absolute atomic E-state index is 12.9. The van der Waals surface area contributed by atoms with E-state index in [1.54, 1.807) is 22.7 Å². The number of para-hydroxylation sites is 1. The Morgan fingerprint density at radius 1 is 1.28 bits per heavy atom. The second kappa shape index (κ2) is 8.62. The van der Waals surface area contributed by atoms with Crippen molar-refractivity contribution < 1.29 is 4.79 Å². The van der Waals surface area contributed by atoms with E-state index in [0.717, 1.165) is 46.5 Å². The van der Waals surface area contributed by atoms with Crippen LogP contribution in [0.2, 0.25) is 0 Å². The van der Waals surface area contributed by atoms with Crippen LogP contribution in [0.4, 0.5) is 5.00 Å². The minimum absolute atomic E-state index is 0.0819. The van der Waals surface area contributed by atoms with Gasteiger partial charge in [0.05, 0.1) is 28.4 Å². The average Bonchev–Trinajstić information content (AvgIpc) is 3.18. The summed E-state index contributed by atoms with van der Waals surface area (Å²) < 4.78 is 1.16. The van der Waals surface area contributed by atoms with Gasteiger partial charge in [0.25, 0.3) is 0 Å². The lowest BCUT2D eigenvalue weighted by Crippen LogP contribution is -2.39. The molecule has 1 N–H and O–H groups in total. The molecule has 0 fully saturated rings. The van der Waals surface area contributed by atoms with Crippen molar-refractivity contribution >= 4 is 43.8 Å². The number of hydrogen-bond acceptors (Lipinski definition) is 6. The Morgan fingerprint density at radius 3 is 2.86 bits per heavy atom. The van der Waals surface area contributed by atoms with E-state index in [2.05, 4.69) is 22.4 Å². The van der Waals surface area contributed by atoms with Crippen LogP contribution >= 0.6 is 22.7 Å². The van der Waals surface area contributed by atoms with Gasteiger partial charge in [0, 0.05) is 4.88 Å². The van der Waals surface area contributed by atoms with Crippen LogP contribution in [0.5, 0.6) is 0 Å². The summed E-state index contributed by atoms with van der Waals surface area (Å²) in [6.45, 7) is 2.51. The van der Waals surface area contributed by atoms with E-state index in [1.165, 1.54) is 11.3 Å². The van der Waals surface area contributed by atoms with Gasteiger partial charge in [0.1, 0.15) is 16.1 Å². The Kier molecular flexibility index (Phi) is 5.95. The van der Waals surface area contributed by atoms with Crippen LogP contribution in [0.1, 0.15) is 47.2 Å². The number of fused-ring (bicyclic) bond motifs is 2. The normalized spacial score (nSPS) is 15.0. The molecule has 0 saturated heterocycles. The lowest BCUT2D eigenvalue weighted by molar-refractivity contribution is -0.120. The molecule has 0 bridgehead atoms. The first-order chi connectivity index (χ1) is 14.1. The van der Waals surface area contributed by atoms with Gasteiger partial charge in [-0.2, -0.15) is 5.26 Å². The molecule has 1 aromatic carbocycles. The van der Waals surface area contributed by atoms with Gasteiger partial charge in [-0.15, -0.1) is 22.7 Å². The average molecular weight is 425 g/mol. The van der Waals surface area contributed by atoms with Crippen molar-refractivity contribution in [3.8, 4) is 6.07 Å². The number of aryl methyl sites for hydroxylation is 1. The molecule has 0 unspecified atom stereocenters. The van der Waals surface area contributed by atoms with E-state index in [9.17, 15) is 10.1 Å². The van der Waals surface area contributed by atoms with Crippen molar-refractivity contribution in [2.75, 3.05) is 12.4 Å². The highest BCUT2D eigenvalue weighted by Gasteiger charge is 2.24. The Bertz CT molecular complexity index is 1050. The monoisotopic (exact) mass is 424 g/mol. The molecule has 1 atom stereocenters. The van der Waals surface area contributed by atoms with Gasteiger partial charge in [0.15, 0.2) is 0 Å². The van der Waals surface area contributed by atoms with Gasteiger partial charge >= 0.3 is 0 Å². The molecule has 0 aliphatic heterocycles. The van der Waals surface area contributed by atoms with Crippen molar-refractivity contribution in [3.63, 3.8) is 0 Å². The van der Waals surface area contributed by atoms with Gasteiger partial charge in [-0.25, -0.2) is 4.98 Å². The standard InChI is InChI=1S/C22H24N4OS2/c1-14(26(2)13-20-24-17-9-6-7-11-19(17)28-20)21(27)25-22-16(12-23)15-8-4-3-5-10-18(15)29-22/h6-7,9,11,14H,3-5,8,10,13H2,1-2H3,(H,25,27)/t14-/m0/s1. The van der Waals surface area contributed by atoms with Crippen LogP contribution < -0.4 is 5.32 Å². The summed E-state index contributed by atoms with van der Waals surface area (Å²) in [7, 11) is 1.94. The van der Waals surface area contributed by atoms with E-state index in [4.69, 9.17) is 0 Å². The molecule has 0 saturated carbocycles. The number of rotatable bonds is 5. The van der Waals surface area contributed by atoms with E-state index in [1.807, 2.05) is 37.1 Å². The Hall–Kier alpha value is -2.27. The fourth-order valence-electron chi connectivity index (χ4n) is 3.70. The molecular formula is C22H24N4OS2. The lowest BCUT2D eigenvalue weighted by atomic mass is 10.1. The molecule has 0 spiro atoms. The fourth-order valence-corrected chi connectivity index (χ4v) is 5.98. The molecule has 2 aromatic heterocycles. The van der Waals surface area contributed by atoms with Crippen molar-refractivity contribution in [2.45, 2.75) is 51.6 Å². The second-order valence-corrected chi connectivity index (χ2v) is 9.76. The third-order valence-corrected chi connectivity index (χ3v) is 7.76. The number of carbonyl (C=O) groups excluding carboxylic acids is 1. The summed E-state index contributed by atoms with van der Waals surface area (Å²) >= 11 is 3.24. The number of anilines is 1. The summed E-state index contributed by atoms with van der Waals surface area (Å²) in [6, 6.07) is 10.1. The van der Waals surface area contributed by atoms with Gasteiger partial charge in [-0.05, 0) is 57.4 Å². The Morgan fingerprint density at radius 2 is 2.07 bits per heavy atom. The quantitative estimate of drug-likeness (QED) is 0.588. The number of nitrogens with one attached hydrogen (secondary N) is 1. The van der Waals surface area contributed by atoms with Crippen LogP contribution in [-0.4, -0.2) is 28.9 Å². The number of carbonyl (C=O) groups is 1. The first-order valence-corrected chi connectivity index (χ1v) is 11.6. The number of amides is 1. The zero-order valence-corrected chi connectivity index (χ0v) is 18.3. The molecular weight excluding hydrogens is 400 g/mol. The van der Waals surface area contributed by atoms with Gasteiger partial charge in [0.2, 0.25) is 5.91 Å². The van der Waals surface area contributed by atoms with Crippen LogP contribution in [0.25, 0.3) is 10.2 Å². The predicted molar refractivity (Wildman–Crippen MR) is 119 cm³/mol. The SMILES string of the molecule is C[C@@H](C(=O)Nc1sc2c(c1C#N)CCCCC2)N(C)Cc1nc2ccccc2s1. The molecule has 1 aliphatic carbocycles. The molecule has 1 aliphatic rings. The highest BCUT2D eigenvalue weighted by molar-refractivity contribution is 7.18. The summed E-state index contributed by atoms with van der Waals surface area (Å²) in [5, 5.41) is 14.4. The van der Waals surface area contributed by atoms with Gasteiger partial charge in [-0.3, -0.25) is 9.69 Å². The fraction of sp³-hybridized carbons (Fsp3) is 0.409. The van der Waals surface area contributed by atoms with Crippen LogP contribution in [0, 0.1) is 11.3 Å². The third kappa shape index (κ3) is 4.20. The largest absolute Gasteiger partial charge is 0.315 e. The lowest BCUT2D eigenvalue weighted by Gasteiger charge is -2.22. The minimum atomic E-state index is -0.324. The second-order valence-electron chi connectivity index (χ2n) is 7.54. The van der Waals surface area contributed by atoms with E-state index >= 15 is 0 Å². The number of hydrogen-bond donors (Lipinski definition) is 1. The molecule has 29 heavy (non-hydrogen) atoms. The molecule has 4 rings (SSSR count). The van der Waals surface area contributed by atoms with Crippen molar-refractivity contribution in [1.29, 1.82) is 5.26 Å². The van der Waals surface area contributed by atoms with Crippen LogP contribution in [0.3, 0.4) is 0 Å². The topological polar surface area (TPSA) is 69.0 Å². The van der Waals surface area contributed by atoms with Crippen LogP contribution in [0.15, 0.2) is 24.3 Å². The van der Waals surface area contributed by atoms with Crippen LogP contribution in [-0.2, 0) is 24.2 Å². The first-order valence-electron chi connectivity index (χ1n) is 9.97. The first kappa shape index (κ1) is 20.0. The Labute approximate surface area is 179 Å². The van der Waals surface area contributed by atoms with Crippen molar-refractivity contribution in [3.05, 3.63) is 45.3 Å².